The number of aliphatic hydroxyl groups excluding tert-OH is 2. The molecule has 11 nitrogen and oxygen atoms in total. The first-order valence-electron chi connectivity index (χ1n) is 25.2. The summed E-state index contributed by atoms with van der Waals surface area (Å²) < 4.78 is 5.95. The molecule has 1 aliphatic heterocycles. The Kier molecular flexibility index (Phi) is 10.9. The summed E-state index contributed by atoms with van der Waals surface area (Å²) in [6.07, 6.45) is 12.4. The number of rotatable bonds is 5. The van der Waals surface area contributed by atoms with Crippen LogP contribution in [0.3, 0.4) is 0 Å². The van der Waals surface area contributed by atoms with Gasteiger partial charge in [0.2, 0.25) is 0 Å². The Labute approximate surface area is 385 Å². The van der Waals surface area contributed by atoms with E-state index in [0.717, 1.165) is 37.7 Å². The van der Waals surface area contributed by atoms with Gasteiger partial charge >= 0.3 is 5.97 Å². The van der Waals surface area contributed by atoms with Crippen molar-refractivity contribution in [2.75, 3.05) is 13.2 Å². The second kappa shape index (κ2) is 15.6. The van der Waals surface area contributed by atoms with Gasteiger partial charge in [0.05, 0.1) is 53.8 Å². The number of carbonyl (C=O) groups excluding carboxylic acids is 3. The maximum atomic E-state index is 14.9. The van der Waals surface area contributed by atoms with E-state index in [4.69, 9.17) is 4.74 Å². The zero-order chi connectivity index (χ0) is 46.2. The molecule has 2 heterocycles. The highest BCUT2D eigenvalue weighted by molar-refractivity contribution is 6.00. The number of hydrogen-bond donors (Lipinski definition) is 7. The standard InChI is InChI=1S/C54H74N2O9/c1-29-10-11-32-12-13-37-30(2)22-53(63)18-17-52(37,39(32)20-29)23-33(36-28-65-48(61)43(36)35-15-19-55-27-35)8-7-9-34-24-54(64)44-38(14-16-50(54,5)47(34)51(53,6)62)49(4)25-42(59)41(58)21-40(49)46(60)45(44)56-26-31(3)57/h12,15,19,27,29-30,33-34,36-43,47,55-56,58-59,62-64H,9-11,13-14,16-18,20-26,28H2,1-6H3. The number of fused-ring (bicyclic) bond motifs is 10. The fourth-order valence-electron chi connectivity index (χ4n) is 17.6. The van der Waals surface area contributed by atoms with Crippen molar-refractivity contribution >= 4 is 17.5 Å². The largest absolute Gasteiger partial charge is 0.465 e. The molecule has 9 aliphatic rings. The minimum absolute atomic E-state index is 0.0357. The molecule has 19 unspecified atom stereocenters. The van der Waals surface area contributed by atoms with Crippen LogP contribution in [0.2, 0.25) is 0 Å². The van der Waals surface area contributed by atoms with Crippen LogP contribution in [0.15, 0.2) is 41.4 Å². The van der Waals surface area contributed by atoms with Gasteiger partial charge in [-0.3, -0.25) is 14.4 Å². The number of allylic oxidation sites excluding steroid dienone is 3. The summed E-state index contributed by atoms with van der Waals surface area (Å²) in [5.41, 5.74) is -3.70. The third kappa shape index (κ3) is 6.56. The van der Waals surface area contributed by atoms with Crippen LogP contribution in [-0.4, -0.2) is 90.2 Å². The van der Waals surface area contributed by atoms with Crippen molar-refractivity contribution < 1.29 is 44.7 Å². The van der Waals surface area contributed by atoms with Gasteiger partial charge in [-0.2, -0.15) is 0 Å². The summed E-state index contributed by atoms with van der Waals surface area (Å²) in [5, 5.41) is 66.7. The highest BCUT2D eigenvalue weighted by Gasteiger charge is 2.74. The Balaban J connectivity index is 1.14. The van der Waals surface area contributed by atoms with Gasteiger partial charge in [0.15, 0.2) is 5.78 Å². The molecule has 6 fully saturated rings. The number of aromatic nitrogens is 1. The molecule has 5 saturated carbocycles. The minimum Gasteiger partial charge on any atom is -0.465 e. The van der Waals surface area contributed by atoms with E-state index in [1.807, 2.05) is 39.2 Å². The average Bonchev–Trinajstić information content (AvgIpc) is 3.94. The van der Waals surface area contributed by atoms with E-state index in [2.05, 4.69) is 42.1 Å². The lowest BCUT2D eigenvalue weighted by molar-refractivity contribution is -0.222. The van der Waals surface area contributed by atoms with E-state index in [1.54, 1.807) is 0 Å². The van der Waals surface area contributed by atoms with E-state index in [0.29, 0.717) is 55.9 Å². The predicted octanol–water partition coefficient (Wildman–Crippen LogP) is 6.29. The number of esters is 1. The topological polar surface area (TPSA) is 189 Å². The van der Waals surface area contributed by atoms with Crippen LogP contribution in [0.25, 0.3) is 0 Å². The molecule has 7 N–H and O–H groups in total. The molecule has 65 heavy (non-hydrogen) atoms. The zero-order valence-corrected chi connectivity index (χ0v) is 39.5. The Hall–Kier alpha value is -3.27. The van der Waals surface area contributed by atoms with Gasteiger partial charge in [-0.05, 0) is 161 Å². The molecular formula is C54H74N2O9. The number of aliphatic hydroxyl groups is 5. The lowest BCUT2D eigenvalue weighted by Gasteiger charge is -2.62. The zero-order valence-electron chi connectivity index (χ0n) is 39.5. The van der Waals surface area contributed by atoms with E-state index in [9.17, 15) is 39.9 Å². The number of hydrogen-bond acceptors (Lipinski definition) is 10. The van der Waals surface area contributed by atoms with Crippen LogP contribution in [0.4, 0.5) is 0 Å². The lowest BCUT2D eigenvalue weighted by atomic mass is 9.44. The summed E-state index contributed by atoms with van der Waals surface area (Å²) in [4.78, 5) is 44.4. The quantitative estimate of drug-likeness (QED) is 0.101. The minimum atomic E-state index is -1.68. The fourth-order valence-corrected chi connectivity index (χ4v) is 17.6. The maximum Gasteiger partial charge on any atom is 0.313 e. The molecule has 2 bridgehead atoms. The molecule has 1 aromatic rings. The Morgan fingerprint density at radius 1 is 0.954 bits per heavy atom. The normalized spacial score (nSPS) is 50.3. The van der Waals surface area contributed by atoms with E-state index < -0.39 is 63.5 Å². The number of carbonyl (C=O) groups is 3. The predicted molar refractivity (Wildman–Crippen MR) is 243 cm³/mol. The summed E-state index contributed by atoms with van der Waals surface area (Å²) in [5.74, 6) is 5.12. The number of ketones is 2. The molecule has 354 valence electrons. The molecule has 0 aromatic carbocycles. The van der Waals surface area contributed by atoms with Gasteiger partial charge in [0, 0.05) is 47.9 Å². The van der Waals surface area contributed by atoms with Crippen molar-refractivity contribution in [3.05, 3.63) is 46.9 Å². The third-order valence-corrected chi connectivity index (χ3v) is 20.7. The smallest absolute Gasteiger partial charge is 0.313 e. The number of nitrogens with one attached hydrogen (secondary N) is 2. The molecule has 0 amide bonds. The van der Waals surface area contributed by atoms with E-state index in [-0.39, 0.29) is 90.7 Å². The van der Waals surface area contributed by atoms with Crippen molar-refractivity contribution in [3.63, 3.8) is 0 Å². The van der Waals surface area contributed by atoms with Crippen LogP contribution in [0, 0.1) is 87.3 Å². The molecule has 8 aliphatic carbocycles. The molecule has 0 radical (unpaired) electrons. The highest BCUT2D eigenvalue weighted by atomic mass is 16.5. The van der Waals surface area contributed by atoms with Crippen molar-refractivity contribution in [1.29, 1.82) is 0 Å². The highest BCUT2D eigenvalue weighted by Crippen LogP contribution is 2.73. The number of H-pyrrole nitrogens is 1. The Morgan fingerprint density at radius 3 is 2.48 bits per heavy atom. The monoisotopic (exact) mass is 895 g/mol. The number of Topliss-reactive ketones (excluding diaryl/α,β-unsaturated/α-hetero) is 2. The lowest BCUT2D eigenvalue weighted by Crippen LogP contribution is -2.66. The first-order valence-corrected chi connectivity index (χ1v) is 25.2. The van der Waals surface area contributed by atoms with Gasteiger partial charge in [-0.15, -0.1) is 5.92 Å². The van der Waals surface area contributed by atoms with Crippen LogP contribution >= 0.6 is 0 Å². The Bertz CT molecular complexity index is 2240. The van der Waals surface area contributed by atoms with Gasteiger partial charge in [-0.1, -0.05) is 45.3 Å². The SMILES string of the molecule is CC(=O)CNC1=C2C(CCC3(C)C4C(CC#CC(C5COC(=O)C5c5cc[nH]c5)CC56CCC(O)(CC(C)C5CC=C5CCC(C)CC56)C4(C)O)CC23O)C2(C)CC(O)C(O)CC2C1=O. The first-order chi connectivity index (χ1) is 30.7. The second-order valence-corrected chi connectivity index (χ2v) is 24.1. The molecule has 1 aromatic heterocycles. The van der Waals surface area contributed by atoms with E-state index >= 15 is 0 Å². The Morgan fingerprint density at radius 2 is 1.74 bits per heavy atom. The van der Waals surface area contributed by atoms with Crippen molar-refractivity contribution in [2.45, 2.75) is 166 Å². The summed E-state index contributed by atoms with van der Waals surface area (Å²) in [6.45, 7) is 12.2. The average molecular weight is 895 g/mol. The van der Waals surface area contributed by atoms with Gasteiger partial charge < -0.3 is 40.6 Å². The molecule has 1 saturated heterocycles. The third-order valence-electron chi connectivity index (χ3n) is 20.7. The molecule has 19 atom stereocenters. The van der Waals surface area contributed by atoms with E-state index in [1.165, 1.54) is 12.5 Å². The van der Waals surface area contributed by atoms with Crippen molar-refractivity contribution in [2.24, 2.45) is 75.4 Å². The van der Waals surface area contributed by atoms with Crippen molar-refractivity contribution in [3.8, 4) is 11.8 Å². The summed E-state index contributed by atoms with van der Waals surface area (Å²) in [7, 11) is 0. The summed E-state index contributed by atoms with van der Waals surface area (Å²) >= 11 is 0. The molecule has 1 spiro atoms. The first kappa shape index (κ1) is 45.5. The van der Waals surface area contributed by atoms with Crippen LogP contribution in [0.1, 0.15) is 143 Å². The molecular weight excluding hydrogens is 821 g/mol. The van der Waals surface area contributed by atoms with Gasteiger partial charge in [0.25, 0.3) is 0 Å². The van der Waals surface area contributed by atoms with Crippen molar-refractivity contribution in [1.82, 2.24) is 10.3 Å². The fraction of sp³-hybridized carbons (Fsp3) is 0.759. The van der Waals surface area contributed by atoms with Gasteiger partial charge in [0.1, 0.15) is 5.78 Å². The number of ether oxygens (including phenoxy) is 1. The molecule has 11 heteroatoms. The van der Waals surface area contributed by atoms with Crippen LogP contribution in [-0.2, 0) is 19.1 Å². The van der Waals surface area contributed by atoms with Gasteiger partial charge in [-0.25, -0.2) is 0 Å². The van der Waals surface area contributed by atoms with Crippen LogP contribution in [0.5, 0.6) is 0 Å². The summed E-state index contributed by atoms with van der Waals surface area (Å²) in [6, 6.07) is 1.97. The number of cyclic esters (lactones) is 1. The maximum absolute atomic E-state index is 14.9. The molecule has 10 rings (SSSR count). The second-order valence-electron chi connectivity index (χ2n) is 24.1. The van der Waals surface area contributed by atoms with Crippen LogP contribution < -0.4 is 5.32 Å². The number of aromatic amines is 1.